The summed E-state index contributed by atoms with van der Waals surface area (Å²) in [4.78, 5) is 27.6. The van der Waals surface area contributed by atoms with Gasteiger partial charge in [-0.1, -0.05) is 0 Å². The van der Waals surface area contributed by atoms with Gasteiger partial charge in [-0.05, 0) is 27.7 Å². The maximum absolute atomic E-state index is 11.7. The fourth-order valence-electron chi connectivity index (χ4n) is 1.83. The van der Waals surface area contributed by atoms with Crippen molar-refractivity contribution < 1.29 is 9.53 Å². The minimum absolute atomic E-state index is 0.329. The van der Waals surface area contributed by atoms with Crippen LogP contribution in [0.5, 0.6) is 0 Å². The van der Waals surface area contributed by atoms with E-state index in [1.165, 1.54) is 6.20 Å². The largest absolute Gasteiger partial charge is 0.462 e. The second-order valence-corrected chi connectivity index (χ2v) is 4.66. The van der Waals surface area contributed by atoms with E-state index in [0.717, 1.165) is 17.2 Å². The molecular weight excluding hydrogens is 270 g/mol. The number of H-pyrrole nitrogens is 1. The molecule has 0 unspecified atom stereocenters. The van der Waals surface area contributed by atoms with Gasteiger partial charge in [-0.2, -0.15) is 0 Å². The molecule has 0 saturated heterocycles. The molecule has 0 bridgehead atoms. The first-order valence-electron chi connectivity index (χ1n) is 6.78. The van der Waals surface area contributed by atoms with Gasteiger partial charge < -0.3 is 15.0 Å². The van der Waals surface area contributed by atoms with Crippen LogP contribution in [0.15, 0.2) is 6.20 Å². The van der Waals surface area contributed by atoms with E-state index in [2.05, 4.69) is 25.3 Å². The number of hydrogen-bond acceptors (Lipinski definition) is 6. The fraction of sp³-hybridized carbons (Fsp3) is 0.429. The number of carbonyl (C=O) groups is 1. The Balaban J connectivity index is 2.04. The van der Waals surface area contributed by atoms with Gasteiger partial charge >= 0.3 is 5.97 Å². The lowest BCUT2D eigenvalue weighted by Gasteiger charge is -2.07. The van der Waals surface area contributed by atoms with Crippen LogP contribution in [0, 0.1) is 20.8 Å². The number of nitrogens with zero attached hydrogens (tertiary/aromatic N) is 3. The zero-order valence-electron chi connectivity index (χ0n) is 12.6. The van der Waals surface area contributed by atoms with Crippen LogP contribution in [0.4, 0.5) is 5.95 Å². The topological polar surface area (TPSA) is 92.8 Å². The lowest BCUT2D eigenvalue weighted by molar-refractivity contribution is 0.0524. The molecule has 2 N–H and O–H groups in total. The first-order chi connectivity index (χ1) is 10.0. The molecular formula is C14H19N5O2. The molecule has 0 radical (unpaired) electrons. The molecule has 0 saturated carbocycles. The van der Waals surface area contributed by atoms with E-state index in [-0.39, 0.29) is 0 Å². The van der Waals surface area contributed by atoms with Crippen molar-refractivity contribution in [3.8, 4) is 0 Å². The van der Waals surface area contributed by atoms with Crippen LogP contribution in [0.3, 0.4) is 0 Å². The van der Waals surface area contributed by atoms with Crippen LogP contribution in [-0.4, -0.2) is 32.5 Å². The predicted molar refractivity (Wildman–Crippen MR) is 78.1 cm³/mol. The van der Waals surface area contributed by atoms with Crippen molar-refractivity contribution in [1.82, 2.24) is 19.9 Å². The van der Waals surface area contributed by atoms with Crippen LogP contribution in [-0.2, 0) is 11.3 Å². The molecule has 0 amide bonds. The number of imidazole rings is 1. The zero-order chi connectivity index (χ0) is 15.4. The van der Waals surface area contributed by atoms with Crippen molar-refractivity contribution in [3.63, 3.8) is 0 Å². The van der Waals surface area contributed by atoms with Crippen molar-refractivity contribution in [2.24, 2.45) is 0 Å². The Bertz CT molecular complexity index is 631. The van der Waals surface area contributed by atoms with Crippen molar-refractivity contribution in [3.05, 3.63) is 34.7 Å². The number of aromatic nitrogens is 4. The third-order valence-corrected chi connectivity index (χ3v) is 3.07. The number of ether oxygens (including phenoxy) is 1. The Morgan fingerprint density at radius 3 is 2.62 bits per heavy atom. The monoisotopic (exact) mass is 289 g/mol. The highest BCUT2D eigenvalue weighted by Crippen LogP contribution is 2.10. The average molecular weight is 289 g/mol. The van der Waals surface area contributed by atoms with E-state index < -0.39 is 5.97 Å². The molecule has 21 heavy (non-hydrogen) atoms. The summed E-state index contributed by atoms with van der Waals surface area (Å²) in [5.74, 6) is 0.867. The maximum atomic E-state index is 11.7. The first kappa shape index (κ1) is 15.0. The normalized spacial score (nSPS) is 10.5. The highest BCUT2D eigenvalue weighted by atomic mass is 16.5. The summed E-state index contributed by atoms with van der Waals surface area (Å²) in [5, 5.41) is 3.07. The third-order valence-electron chi connectivity index (χ3n) is 3.07. The number of rotatable bonds is 5. The smallest absolute Gasteiger partial charge is 0.341 e. The van der Waals surface area contributed by atoms with Crippen LogP contribution < -0.4 is 5.32 Å². The third kappa shape index (κ3) is 3.56. The van der Waals surface area contributed by atoms with Crippen molar-refractivity contribution in [1.29, 1.82) is 0 Å². The Labute approximate surface area is 123 Å². The van der Waals surface area contributed by atoms with Gasteiger partial charge in [0.15, 0.2) is 0 Å². The lowest BCUT2D eigenvalue weighted by atomic mass is 10.2. The van der Waals surface area contributed by atoms with Crippen LogP contribution in [0.2, 0.25) is 0 Å². The molecule has 112 valence electrons. The number of carbonyl (C=O) groups excluding carboxylic acids is 1. The maximum Gasteiger partial charge on any atom is 0.341 e. The Morgan fingerprint density at radius 2 is 2.05 bits per heavy atom. The molecule has 0 fully saturated rings. The quantitative estimate of drug-likeness (QED) is 0.817. The summed E-state index contributed by atoms with van der Waals surface area (Å²) in [6, 6.07) is 0. The molecule has 0 aromatic carbocycles. The number of esters is 1. The van der Waals surface area contributed by atoms with Gasteiger partial charge in [-0.25, -0.2) is 19.7 Å². The van der Waals surface area contributed by atoms with Crippen molar-refractivity contribution in [2.75, 3.05) is 11.9 Å². The minimum Gasteiger partial charge on any atom is -0.462 e. The number of nitrogens with one attached hydrogen (secondary N) is 2. The minimum atomic E-state index is -0.404. The molecule has 7 heteroatoms. The van der Waals surface area contributed by atoms with Gasteiger partial charge in [0.2, 0.25) is 5.95 Å². The van der Waals surface area contributed by atoms with E-state index in [1.54, 1.807) is 13.8 Å². The number of aromatic amines is 1. The van der Waals surface area contributed by atoms with Gasteiger partial charge in [-0.3, -0.25) is 0 Å². The summed E-state index contributed by atoms with van der Waals surface area (Å²) in [5.41, 5.74) is 2.98. The van der Waals surface area contributed by atoms with E-state index in [1.807, 2.05) is 13.8 Å². The van der Waals surface area contributed by atoms with Crippen LogP contribution in [0.25, 0.3) is 0 Å². The zero-order valence-corrected chi connectivity index (χ0v) is 12.6. The van der Waals surface area contributed by atoms with Gasteiger partial charge in [0.05, 0.1) is 30.1 Å². The molecule has 0 aliphatic carbocycles. The van der Waals surface area contributed by atoms with Gasteiger partial charge in [0, 0.05) is 11.9 Å². The second kappa shape index (κ2) is 6.34. The highest BCUT2D eigenvalue weighted by Gasteiger charge is 2.12. The Hall–Kier alpha value is -2.44. The van der Waals surface area contributed by atoms with Crippen molar-refractivity contribution in [2.45, 2.75) is 34.2 Å². The van der Waals surface area contributed by atoms with Gasteiger partial charge in [0.25, 0.3) is 0 Å². The molecule has 0 atom stereocenters. The summed E-state index contributed by atoms with van der Waals surface area (Å²) in [6.07, 6.45) is 1.47. The van der Waals surface area contributed by atoms with E-state index in [0.29, 0.717) is 30.4 Å². The van der Waals surface area contributed by atoms with E-state index >= 15 is 0 Å². The molecule has 7 nitrogen and oxygen atoms in total. The summed E-state index contributed by atoms with van der Waals surface area (Å²) in [7, 11) is 0. The predicted octanol–water partition coefficient (Wildman–Crippen LogP) is 1.91. The molecule has 2 rings (SSSR count). The molecule has 0 aliphatic heterocycles. The summed E-state index contributed by atoms with van der Waals surface area (Å²) >= 11 is 0. The highest BCUT2D eigenvalue weighted by molar-refractivity contribution is 5.90. The van der Waals surface area contributed by atoms with E-state index in [4.69, 9.17) is 4.74 Å². The average Bonchev–Trinajstić information content (AvgIpc) is 2.76. The van der Waals surface area contributed by atoms with Gasteiger partial charge in [-0.15, -0.1) is 0 Å². The van der Waals surface area contributed by atoms with Gasteiger partial charge in [0.1, 0.15) is 5.82 Å². The number of aryl methyl sites for hydroxylation is 3. The van der Waals surface area contributed by atoms with Crippen molar-refractivity contribution >= 4 is 11.9 Å². The Kier molecular flexibility index (Phi) is 4.52. The summed E-state index contributed by atoms with van der Waals surface area (Å²) < 4.78 is 4.94. The number of anilines is 1. The second-order valence-electron chi connectivity index (χ2n) is 4.66. The Morgan fingerprint density at radius 1 is 1.29 bits per heavy atom. The standard InChI is InChI=1S/C14H19N5O2/c1-5-21-13(20)11-6-15-14(19-10(11)4)16-7-12-17-8(2)9(3)18-12/h6H,5,7H2,1-4H3,(H,17,18)(H,15,16,19). The van der Waals surface area contributed by atoms with Crippen LogP contribution >= 0.6 is 0 Å². The molecule has 2 aromatic rings. The molecule has 0 aliphatic rings. The van der Waals surface area contributed by atoms with Crippen LogP contribution in [0.1, 0.15) is 40.2 Å². The molecule has 2 heterocycles. The van der Waals surface area contributed by atoms with E-state index in [9.17, 15) is 4.79 Å². The number of hydrogen-bond donors (Lipinski definition) is 2. The SMILES string of the molecule is CCOC(=O)c1cnc(NCc2nc(C)c(C)[nH]2)nc1C. The first-order valence-corrected chi connectivity index (χ1v) is 6.78. The molecule has 0 spiro atoms. The fourth-order valence-corrected chi connectivity index (χ4v) is 1.83. The summed E-state index contributed by atoms with van der Waals surface area (Å²) in [6.45, 7) is 8.25. The lowest BCUT2D eigenvalue weighted by Crippen LogP contribution is -2.11. The molecule has 2 aromatic heterocycles.